The summed E-state index contributed by atoms with van der Waals surface area (Å²) in [5.41, 5.74) is 4.57. The maximum atomic E-state index is 2.30. The first kappa shape index (κ1) is 13.4. The highest BCUT2D eigenvalue weighted by molar-refractivity contribution is 6.33. The van der Waals surface area contributed by atoms with E-state index in [4.69, 9.17) is 0 Å². The normalized spacial score (nSPS) is 10.4. The van der Waals surface area contributed by atoms with E-state index in [0.29, 0.717) is 0 Å². The van der Waals surface area contributed by atoms with Crippen molar-refractivity contribution in [2.75, 3.05) is 0 Å². The van der Waals surface area contributed by atoms with Crippen LogP contribution in [-0.2, 0) is 12.7 Å². The molecule has 0 atom stereocenters. The molecular formula is C15H24B. The van der Waals surface area contributed by atoms with Crippen LogP contribution < -0.4 is 0 Å². The lowest BCUT2D eigenvalue weighted by Gasteiger charge is -2.11. The minimum atomic E-state index is 1.12. The monoisotopic (exact) mass is 215 g/mol. The third-order valence-electron chi connectivity index (χ3n) is 3.22. The van der Waals surface area contributed by atoms with Crippen molar-refractivity contribution in [2.24, 2.45) is 0 Å². The van der Waals surface area contributed by atoms with Gasteiger partial charge in [0, 0.05) is 0 Å². The first-order chi connectivity index (χ1) is 7.79. The number of rotatable bonds is 7. The summed E-state index contributed by atoms with van der Waals surface area (Å²) in [4.78, 5) is 0. The Morgan fingerprint density at radius 1 is 1.12 bits per heavy atom. The summed E-state index contributed by atoms with van der Waals surface area (Å²) >= 11 is 0. The highest BCUT2D eigenvalue weighted by atomic mass is 14.1. The van der Waals surface area contributed by atoms with Crippen LogP contribution in [0.1, 0.15) is 49.3 Å². The predicted octanol–water partition coefficient (Wildman–Crippen LogP) is 4.37. The summed E-state index contributed by atoms with van der Waals surface area (Å²) in [6.45, 7) is 6.64. The molecule has 1 aromatic carbocycles. The number of hydrogen-bond donors (Lipinski definition) is 0. The Morgan fingerprint density at radius 2 is 1.94 bits per heavy atom. The van der Waals surface area contributed by atoms with Crippen LogP contribution in [0.3, 0.4) is 0 Å². The SMILES string of the molecule is C[B]Cc1c(C)cccc1CCCCCC. The highest BCUT2D eigenvalue weighted by Gasteiger charge is 2.04. The molecule has 0 amide bonds. The summed E-state index contributed by atoms with van der Waals surface area (Å²) in [7, 11) is 2.26. The minimum absolute atomic E-state index is 1.12. The van der Waals surface area contributed by atoms with E-state index in [-0.39, 0.29) is 0 Å². The van der Waals surface area contributed by atoms with Gasteiger partial charge in [0.15, 0.2) is 0 Å². The molecular weight excluding hydrogens is 191 g/mol. The Morgan fingerprint density at radius 3 is 2.62 bits per heavy atom. The van der Waals surface area contributed by atoms with Gasteiger partial charge in [0.2, 0.25) is 0 Å². The molecule has 0 saturated carbocycles. The average molecular weight is 215 g/mol. The van der Waals surface area contributed by atoms with Crippen LogP contribution in [0.4, 0.5) is 0 Å². The smallest absolute Gasteiger partial charge is 0.0917 e. The van der Waals surface area contributed by atoms with Gasteiger partial charge < -0.3 is 0 Å². The Bertz CT molecular complexity index is 304. The third kappa shape index (κ3) is 4.04. The predicted molar refractivity (Wildman–Crippen MR) is 74.3 cm³/mol. The average Bonchev–Trinajstić information content (AvgIpc) is 2.29. The minimum Gasteiger partial charge on any atom is -0.0917 e. The van der Waals surface area contributed by atoms with E-state index in [1.54, 1.807) is 11.1 Å². The van der Waals surface area contributed by atoms with Crippen molar-refractivity contribution in [3.05, 3.63) is 34.9 Å². The fraction of sp³-hybridized carbons (Fsp3) is 0.600. The van der Waals surface area contributed by atoms with E-state index in [1.165, 1.54) is 37.7 Å². The van der Waals surface area contributed by atoms with Crippen LogP contribution in [0.15, 0.2) is 18.2 Å². The molecule has 1 radical (unpaired) electrons. The quantitative estimate of drug-likeness (QED) is 0.468. The molecule has 0 saturated heterocycles. The Kier molecular flexibility index (Phi) is 6.29. The first-order valence-electron chi connectivity index (χ1n) is 6.64. The van der Waals surface area contributed by atoms with Crippen LogP contribution in [0.2, 0.25) is 6.82 Å². The maximum absolute atomic E-state index is 2.30. The molecule has 16 heavy (non-hydrogen) atoms. The third-order valence-corrected chi connectivity index (χ3v) is 3.22. The molecule has 0 bridgehead atoms. The Labute approximate surface area is 102 Å². The van der Waals surface area contributed by atoms with Crippen molar-refractivity contribution >= 4 is 7.28 Å². The molecule has 0 N–H and O–H groups in total. The second-order valence-electron chi connectivity index (χ2n) is 4.64. The molecule has 0 aliphatic rings. The van der Waals surface area contributed by atoms with E-state index in [0.717, 1.165) is 6.32 Å². The summed E-state index contributed by atoms with van der Waals surface area (Å²) < 4.78 is 0. The van der Waals surface area contributed by atoms with Gasteiger partial charge in [-0.3, -0.25) is 0 Å². The molecule has 1 heteroatoms. The molecule has 0 aliphatic heterocycles. The van der Waals surface area contributed by atoms with Crippen molar-refractivity contribution in [1.29, 1.82) is 0 Å². The lowest BCUT2D eigenvalue weighted by molar-refractivity contribution is 0.665. The molecule has 0 aliphatic carbocycles. The van der Waals surface area contributed by atoms with Gasteiger partial charge in [-0.25, -0.2) is 0 Å². The molecule has 0 fully saturated rings. The lowest BCUT2D eigenvalue weighted by Crippen LogP contribution is -2.01. The summed E-state index contributed by atoms with van der Waals surface area (Å²) in [6.07, 6.45) is 7.79. The van der Waals surface area contributed by atoms with Crippen LogP contribution >= 0.6 is 0 Å². The van der Waals surface area contributed by atoms with Gasteiger partial charge in [-0.15, -0.1) is 0 Å². The van der Waals surface area contributed by atoms with Gasteiger partial charge in [-0.2, -0.15) is 0 Å². The molecule has 0 aromatic heterocycles. The van der Waals surface area contributed by atoms with Crippen molar-refractivity contribution < 1.29 is 0 Å². The molecule has 0 unspecified atom stereocenters. The van der Waals surface area contributed by atoms with E-state index in [9.17, 15) is 0 Å². The molecule has 1 aromatic rings. The zero-order valence-corrected chi connectivity index (χ0v) is 11.1. The van der Waals surface area contributed by atoms with Gasteiger partial charge in [0.1, 0.15) is 7.28 Å². The van der Waals surface area contributed by atoms with E-state index >= 15 is 0 Å². The first-order valence-corrected chi connectivity index (χ1v) is 6.64. The van der Waals surface area contributed by atoms with Crippen LogP contribution in [0.25, 0.3) is 0 Å². The fourth-order valence-corrected chi connectivity index (χ4v) is 2.24. The zero-order chi connectivity index (χ0) is 11.8. The second-order valence-corrected chi connectivity index (χ2v) is 4.64. The summed E-state index contributed by atoms with van der Waals surface area (Å²) in [5.74, 6) is 0. The van der Waals surface area contributed by atoms with Crippen LogP contribution in [-0.4, -0.2) is 7.28 Å². The van der Waals surface area contributed by atoms with Gasteiger partial charge in [-0.05, 0) is 36.5 Å². The van der Waals surface area contributed by atoms with Crippen molar-refractivity contribution in [1.82, 2.24) is 0 Å². The lowest BCUT2D eigenvalue weighted by atomic mass is 9.72. The molecule has 1 rings (SSSR count). The number of aryl methyl sites for hydroxylation is 2. The van der Waals surface area contributed by atoms with E-state index in [1.807, 2.05) is 0 Å². The number of hydrogen-bond acceptors (Lipinski definition) is 0. The van der Waals surface area contributed by atoms with E-state index in [2.05, 4.69) is 46.1 Å². The molecule has 87 valence electrons. The Hall–Kier alpha value is -0.715. The zero-order valence-electron chi connectivity index (χ0n) is 11.1. The second kappa shape index (κ2) is 7.54. The van der Waals surface area contributed by atoms with Gasteiger partial charge in [0.25, 0.3) is 0 Å². The molecule has 0 nitrogen and oxygen atoms in total. The van der Waals surface area contributed by atoms with Gasteiger partial charge in [-0.1, -0.05) is 57.5 Å². The van der Waals surface area contributed by atoms with Crippen LogP contribution in [0.5, 0.6) is 0 Å². The topological polar surface area (TPSA) is 0 Å². The highest BCUT2D eigenvalue weighted by Crippen LogP contribution is 2.17. The summed E-state index contributed by atoms with van der Waals surface area (Å²) in [6, 6.07) is 6.73. The largest absolute Gasteiger partial charge is 0.111 e. The van der Waals surface area contributed by atoms with Crippen molar-refractivity contribution in [3.63, 3.8) is 0 Å². The van der Waals surface area contributed by atoms with Crippen molar-refractivity contribution in [2.45, 2.75) is 59.1 Å². The van der Waals surface area contributed by atoms with Gasteiger partial charge >= 0.3 is 0 Å². The van der Waals surface area contributed by atoms with E-state index < -0.39 is 0 Å². The molecule has 0 heterocycles. The number of unbranched alkanes of at least 4 members (excludes halogenated alkanes) is 3. The van der Waals surface area contributed by atoms with Gasteiger partial charge in [0.05, 0.1) is 0 Å². The summed E-state index contributed by atoms with van der Waals surface area (Å²) in [5, 5.41) is 0. The van der Waals surface area contributed by atoms with Crippen molar-refractivity contribution in [3.8, 4) is 0 Å². The standard InChI is InChI=1S/C15H24B/c1-4-5-6-7-10-14-11-8-9-13(2)15(14)12-16-3/h8-9,11H,4-7,10,12H2,1-3H3. The molecule has 0 spiro atoms. The fourth-order valence-electron chi connectivity index (χ4n) is 2.24. The Balaban J connectivity index is 2.59. The maximum Gasteiger partial charge on any atom is 0.111 e. The number of benzene rings is 1. The van der Waals surface area contributed by atoms with Crippen LogP contribution in [0, 0.1) is 6.92 Å².